The molecule has 32 heavy (non-hydrogen) atoms. The molecule has 2 saturated heterocycles. The Morgan fingerprint density at radius 1 is 1.22 bits per heavy atom. The molecule has 0 radical (unpaired) electrons. The van der Waals surface area contributed by atoms with Gasteiger partial charge >= 0.3 is 0 Å². The van der Waals surface area contributed by atoms with E-state index >= 15 is 4.39 Å². The van der Waals surface area contributed by atoms with E-state index in [-0.39, 0.29) is 21.8 Å². The summed E-state index contributed by atoms with van der Waals surface area (Å²) in [7, 11) is -4.40. The normalized spacial score (nSPS) is 25.6. The molecule has 1 aromatic heterocycles. The molecule has 10 heteroatoms. The van der Waals surface area contributed by atoms with Gasteiger partial charge in [-0.25, -0.2) is 17.8 Å². The third-order valence-corrected chi connectivity index (χ3v) is 9.12. The zero-order chi connectivity index (χ0) is 22.7. The van der Waals surface area contributed by atoms with E-state index in [0.29, 0.717) is 11.7 Å². The lowest BCUT2D eigenvalue weighted by Crippen LogP contribution is -2.60. The Hall–Kier alpha value is -1.97. The predicted octanol–water partition coefficient (Wildman–Crippen LogP) is 4.19. The number of pyridine rings is 1. The van der Waals surface area contributed by atoms with Gasteiger partial charge in [0.25, 0.3) is 10.0 Å². The molecule has 1 aliphatic carbocycles. The second-order valence-corrected chi connectivity index (χ2v) is 11.1. The van der Waals surface area contributed by atoms with E-state index in [1.54, 1.807) is 6.92 Å². The number of aromatic nitrogens is 1. The molecule has 5 rings (SSSR count). The fourth-order valence-corrected chi connectivity index (χ4v) is 7.08. The van der Waals surface area contributed by atoms with Gasteiger partial charge in [-0.05, 0) is 63.9 Å². The highest BCUT2D eigenvalue weighted by molar-refractivity contribution is 7.92. The number of benzene rings is 1. The Kier molecular flexibility index (Phi) is 5.34. The maximum absolute atomic E-state index is 15.4. The van der Waals surface area contributed by atoms with Crippen LogP contribution in [0.1, 0.15) is 31.2 Å². The van der Waals surface area contributed by atoms with E-state index < -0.39 is 26.7 Å². The van der Waals surface area contributed by atoms with Crippen LogP contribution in [0.15, 0.2) is 29.2 Å². The van der Waals surface area contributed by atoms with Gasteiger partial charge in [-0.1, -0.05) is 17.7 Å². The molecule has 1 N–H and O–H groups in total. The fraction of sp³-hybridized carbons (Fsp3) is 0.500. The number of anilines is 2. The highest BCUT2D eigenvalue weighted by Gasteiger charge is 2.53. The van der Waals surface area contributed by atoms with Crippen LogP contribution >= 0.6 is 11.6 Å². The minimum absolute atomic E-state index is 0.208. The van der Waals surface area contributed by atoms with Gasteiger partial charge in [-0.3, -0.25) is 9.62 Å². The molecule has 3 heterocycles. The lowest BCUT2D eigenvalue weighted by atomic mass is 9.62. The molecule has 0 unspecified atom stereocenters. The number of hydrogen-bond acceptors (Lipinski definition) is 5. The summed E-state index contributed by atoms with van der Waals surface area (Å²) >= 11 is 6.31. The molecule has 172 valence electrons. The molecule has 0 bridgehead atoms. The minimum atomic E-state index is -4.40. The van der Waals surface area contributed by atoms with Gasteiger partial charge in [0, 0.05) is 35.8 Å². The van der Waals surface area contributed by atoms with E-state index in [1.807, 2.05) is 0 Å². The Morgan fingerprint density at radius 2 is 2.00 bits per heavy atom. The number of nitrogens with zero attached hydrogens (tertiary/aromatic N) is 3. The number of sulfonamides is 1. The van der Waals surface area contributed by atoms with Crippen LogP contribution in [0.2, 0.25) is 5.02 Å². The largest absolute Gasteiger partial charge is 0.371 e. The third kappa shape index (κ3) is 3.54. The second kappa shape index (κ2) is 7.81. The lowest BCUT2D eigenvalue weighted by molar-refractivity contribution is -0.0427. The molecule has 3 fully saturated rings. The second-order valence-electron chi connectivity index (χ2n) is 9.07. The first-order chi connectivity index (χ1) is 15.2. The molecule has 3 aliphatic rings. The fourth-order valence-electron chi connectivity index (χ4n) is 5.39. The van der Waals surface area contributed by atoms with Crippen LogP contribution in [-0.4, -0.2) is 50.5 Å². The quantitative estimate of drug-likeness (QED) is 0.647. The summed E-state index contributed by atoms with van der Waals surface area (Å²) in [5.74, 6) is -1.99. The van der Waals surface area contributed by atoms with Crippen LogP contribution in [0.3, 0.4) is 0 Å². The van der Waals surface area contributed by atoms with Gasteiger partial charge < -0.3 is 4.90 Å². The number of halogens is 3. The average Bonchev–Trinajstić information content (AvgIpc) is 3.14. The first kappa shape index (κ1) is 21.9. The number of hydrogen-bond donors (Lipinski definition) is 1. The molecule has 1 saturated carbocycles. The first-order valence-corrected chi connectivity index (χ1v) is 12.7. The van der Waals surface area contributed by atoms with Crippen LogP contribution in [0.25, 0.3) is 0 Å². The van der Waals surface area contributed by atoms with Crippen molar-refractivity contribution in [3.8, 4) is 0 Å². The van der Waals surface area contributed by atoms with E-state index in [9.17, 15) is 12.8 Å². The van der Waals surface area contributed by atoms with Crippen molar-refractivity contribution in [1.82, 2.24) is 9.88 Å². The minimum Gasteiger partial charge on any atom is -0.371 e. The van der Waals surface area contributed by atoms with Crippen LogP contribution in [0, 0.1) is 24.1 Å². The summed E-state index contributed by atoms with van der Waals surface area (Å²) in [5, 5.41) is -0.208. The van der Waals surface area contributed by atoms with E-state index in [0.717, 1.165) is 45.1 Å². The van der Waals surface area contributed by atoms with Crippen LogP contribution in [-0.2, 0) is 10.0 Å². The molecule has 1 aromatic carbocycles. The molecular formula is C22H25ClF2N4O2S. The van der Waals surface area contributed by atoms with Gasteiger partial charge in [0.15, 0.2) is 0 Å². The lowest BCUT2D eigenvalue weighted by Gasteiger charge is -2.55. The molecule has 1 spiro atoms. The summed E-state index contributed by atoms with van der Waals surface area (Å²) < 4.78 is 56.5. The Balaban J connectivity index is 1.42. The zero-order valence-electron chi connectivity index (χ0n) is 17.7. The first-order valence-electron chi connectivity index (χ1n) is 10.8. The zero-order valence-corrected chi connectivity index (χ0v) is 19.3. The third-order valence-electron chi connectivity index (χ3n) is 7.30. The van der Waals surface area contributed by atoms with Crippen molar-refractivity contribution in [1.29, 1.82) is 0 Å². The number of nitrogens with one attached hydrogen (secondary N) is 1. The Labute approximate surface area is 191 Å². The summed E-state index contributed by atoms with van der Waals surface area (Å²) in [6.45, 7) is 5.50. The van der Waals surface area contributed by atoms with Crippen molar-refractivity contribution in [2.75, 3.05) is 35.8 Å². The highest BCUT2D eigenvalue weighted by atomic mass is 35.5. The van der Waals surface area contributed by atoms with E-state index in [4.69, 9.17) is 11.6 Å². The van der Waals surface area contributed by atoms with Gasteiger partial charge in [0.1, 0.15) is 16.5 Å². The smallest absolute Gasteiger partial charge is 0.267 e. The van der Waals surface area contributed by atoms with E-state index in [2.05, 4.69) is 19.5 Å². The Bertz CT molecular complexity index is 1170. The summed E-state index contributed by atoms with van der Waals surface area (Å²) in [4.78, 5) is 7.51. The van der Waals surface area contributed by atoms with Crippen molar-refractivity contribution in [2.24, 2.45) is 5.41 Å². The van der Waals surface area contributed by atoms with Gasteiger partial charge in [-0.15, -0.1) is 0 Å². The molecular weight excluding hydrogens is 458 g/mol. The van der Waals surface area contributed by atoms with Crippen LogP contribution in [0.5, 0.6) is 0 Å². The van der Waals surface area contributed by atoms with Crippen LogP contribution in [0.4, 0.5) is 20.3 Å². The molecule has 2 aromatic rings. The highest BCUT2D eigenvalue weighted by Crippen LogP contribution is 2.53. The standard InChI is InChI=1S/C22H25ClF2N4O2S/c1-14-16(29-11-8-22(13-29)7-6-17(22)28-9-3-10-28)12-15(23)21(20(14)25)32(30,31)27-19-5-2-4-18(24)26-19/h2,4-5,12,17H,3,6-11,13H2,1H3,(H,26,27)/t17-,22+/m1/s1. The van der Waals surface area contributed by atoms with Crippen molar-refractivity contribution < 1.29 is 17.2 Å². The van der Waals surface area contributed by atoms with Gasteiger partial charge in [-0.2, -0.15) is 4.39 Å². The monoisotopic (exact) mass is 482 g/mol. The van der Waals surface area contributed by atoms with Crippen molar-refractivity contribution in [2.45, 2.75) is 43.5 Å². The van der Waals surface area contributed by atoms with Gasteiger partial charge in [0.05, 0.1) is 5.02 Å². The summed E-state index contributed by atoms with van der Waals surface area (Å²) in [5.41, 5.74) is 1.09. The molecule has 2 atom stereocenters. The maximum Gasteiger partial charge on any atom is 0.267 e. The number of rotatable bonds is 5. The summed E-state index contributed by atoms with van der Waals surface area (Å²) in [6.07, 6.45) is 4.67. The average molecular weight is 483 g/mol. The van der Waals surface area contributed by atoms with Gasteiger partial charge in [0.2, 0.25) is 5.95 Å². The topological polar surface area (TPSA) is 65.5 Å². The molecule has 6 nitrogen and oxygen atoms in total. The summed E-state index contributed by atoms with van der Waals surface area (Å²) in [6, 6.07) is 5.80. The number of likely N-dealkylation sites (tertiary alicyclic amines) is 1. The van der Waals surface area contributed by atoms with Crippen molar-refractivity contribution in [3.05, 3.63) is 46.6 Å². The van der Waals surface area contributed by atoms with Crippen LogP contribution < -0.4 is 9.62 Å². The van der Waals surface area contributed by atoms with Crippen molar-refractivity contribution in [3.63, 3.8) is 0 Å². The van der Waals surface area contributed by atoms with Crippen molar-refractivity contribution >= 4 is 33.1 Å². The Morgan fingerprint density at radius 3 is 2.62 bits per heavy atom. The SMILES string of the molecule is Cc1c(N2CC[C@@]3(CC[C@H]3N3CCC3)C2)cc(Cl)c(S(=O)(=O)Nc2cccc(F)n2)c1F. The van der Waals surface area contributed by atoms with E-state index in [1.165, 1.54) is 31.0 Å². The molecule has 0 amide bonds. The molecule has 2 aliphatic heterocycles. The predicted molar refractivity (Wildman–Crippen MR) is 120 cm³/mol. The maximum atomic E-state index is 15.4.